The lowest BCUT2D eigenvalue weighted by molar-refractivity contribution is 0.669. The van der Waals surface area contributed by atoms with Crippen molar-refractivity contribution in [2.75, 3.05) is 9.83 Å². The Morgan fingerprint density at radius 2 is 0.825 bits per heavy atom. The first kappa shape index (κ1) is 37.9. The average Bonchev–Trinajstić information content (AvgIpc) is 3.85. The molecule has 0 aliphatic rings. The largest absolute Gasteiger partial charge is 0.456 e. The van der Waals surface area contributed by atoms with Gasteiger partial charge in [0, 0.05) is 48.0 Å². The number of furan rings is 1. The first-order valence-corrected chi connectivity index (χ1v) is 22.1. The van der Waals surface area contributed by atoms with Gasteiger partial charge in [-0.15, -0.1) is 11.3 Å². The minimum atomic E-state index is 0.921. The van der Waals surface area contributed by atoms with Gasteiger partial charge in [0.05, 0.1) is 0 Å². The number of alkyl halides is 1. The monoisotopic (exact) mass is 867 g/mol. The van der Waals surface area contributed by atoms with Crippen molar-refractivity contribution in [2.45, 2.75) is 13.8 Å². The van der Waals surface area contributed by atoms with Crippen molar-refractivity contribution in [2.24, 2.45) is 0 Å². The summed E-state index contributed by atoms with van der Waals surface area (Å²) in [7, 11) is 0. The normalized spacial score (nSPS) is 11.1. The van der Waals surface area contributed by atoms with Gasteiger partial charge in [-0.2, -0.15) is 0 Å². The van der Waals surface area contributed by atoms with Crippen LogP contribution in [-0.2, 0) is 0 Å². The highest BCUT2D eigenvalue weighted by Crippen LogP contribution is 2.43. The molecule has 0 bridgehead atoms. The van der Waals surface area contributed by atoms with Gasteiger partial charge >= 0.3 is 0 Å². The third kappa shape index (κ3) is 7.89. The fourth-order valence-electron chi connectivity index (χ4n) is 7.30. The topological polar surface area (TPSA) is 16.4 Å². The molecule has 0 radical (unpaired) electrons. The predicted molar refractivity (Wildman–Crippen MR) is 258 cm³/mol. The van der Waals surface area contributed by atoms with Crippen molar-refractivity contribution in [3.63, 3.8) is 0 Å². The maximum atomic E-state index is 6.10. The van der Waals surface area contributed by atoms with Crippen LogP contribution in [0.15, 0.2) is 205 Å². The van der Waals surface area contributed by atoms with Crippen LogP contribution < -0.4 is 4.90 Å². The van der Waals surface area contributed by atoms with Gasteiger partial charge in [0.2, 0.25) is 0 Å². The molecule has 2 heterocycles. The number of benzene rings is 8. The highest BCUT2D eigenvalue weighted by atomic mass is 127. The lowest BCUT2D eigenvalue weighted by Gasteiger charge is -2.26. The molecule has 4 heteroatoms. The first-order chi connectivity index (χ1) is 28.2. The van der Waals surface area contributed by atoms with E-state index in [1.807, 2.05) is 54.4 Å². The van der Waals surface area contributed by atoms with E-state index in [4.69, 9.17) is 4.42 Å². The van der Waals surface area contributed by atoms with E-state index in [0.29, 0.717) is 0 Å². The standard InChI is InChI=1S/C48H31NOS.C4H8.CH3I/c1-3-9-32(10-4-1)34-15-21-38(22-16-34)49(39-23-17-35(18-24-39)33-11-5-2-6-12-33)40-25-27-43-42-26-19-37(30-47(42)51-48(43)31-40)36-20-28-46-44(29-36)41-13-7-8-14-45(41)50-46;1-3-4-2;1-2/h1-31H;3-4H,1-2H3;1H3/b;4-3-;. The first-order valence-electron chi connectivity index (χ1n) is 19.1. The highest BCUT2D eigenvalue weighted by molar-refractivity contribution is 14.1. The Hall–Kier alpha value is -5.95. The Kier molecular flexibility index (Phi) is 11.6. The summed E-state index contributed by atoms with van der Waals surface area (Å²) in [6, 6.07) is 67.5. The molecule has 0 spiro atoms. The molecule has 278 valence electrons. The van der Waals surface area contributed by atoms with Gasteiger partial charge in [0.25, 0.3) is 0 Å². The van der Waals surface area contributed by atoms with Gasteiger partial charge in [-0.05, 0) is 113 Å². The molecule has 0 unspecified atom stereocenters. The van der Waals surface area contributed by atoms with Crippen LogP contribution in [0.3, 0.4) is 0 Å². The minimum Gasteiger partial charge on any atom is -0.456 e. The van der Waals surface area contributed by atoms with Gasteiger partial charge < -0.3 is 9.32 Å². The van der Waals surface area contributed by atoms with Gasteiger partial charge in [-0.3, -0.25) is 0 Å². The number of para-hydroxylation sites is 1. The Morgan fingerprint density at radius 1 is 0.386 bits per heavy atom. The average molecular weight is 868 g/mol. The molecule has 0 amide bonds. The summed E-state index contributed by atoms with van der Waals surface area (Å²) in [5.41, 5.74) is 12.4. The molecule has 0 saturated carbocycles. The molecule has 2 aromatic heterocycles. The summed E-state index contributed by atoms with van der Waals surface area (Å²) in [6.45, 7) is 4.00. The number of allylic oxidation sites excluding steroid dienone is 2. The maximum absolute atomic E-state index is 6.10. The lowest BCUT2D eigenvalue weighted by atomic mass is 10.0. The second kappa shape index (κ2) is 17.5. The molecule has 0 N–H and O–H groups in total. The number of hydrogen-bond acceptors (Lipinski definition) is 3. The Labute approximate surface area is 352 Å². The number of thiophene rings is 1. The van der Waals surface area contributed by atoms with E-state index >= 15 is 0 Å². The van der Waals surface area contributed by atoms with Crippen LogP contribution in [0.1, 0.15) is 13.8 Å². The second-order valence-corrected chi connectivity index (χ2v) is 14.7. The van der Waals surface area contributed by atoms with Crippen molar-refractivity contribution in [1.82, 2.24) is 0 Å². The summed E-state index contributed by atoms with van der Waals surface area (Å²) in [6.07, 6.45) is 4.00. The number of nitrogens with zero attached hydrogens (tertiary/aromatic N) is 1. The van der Waals surface area contributed by atoms with Gasteiger partial charge in [-0.1, -0.05) is 162 Å². The fourth-order valence-corrected chi connectivity index (χ4v) is 8.48. The molecule has 0 aliphatic heterocycles. The molecular formula is C53H42INOS. The van der Waals surface area contributed by atoms with Crippen molar-refractivity contribution in [3.05, 3.63) is 200 Å². The van der Waals surface area contributed by atoms with E-state index in [0.717, 1.165) is 39.0 Å². The van der Waals surface area contributed by atoms with Crippen LogP contribution >= 0.6 is 33.9 Å². The summed E-state index contributed by atoms with van der Waals surface area (Å²) in [5, 5.41) is 4.86. The van der Waals surface area contributed by atoms with E-state index in [1.54, 1.807) is 0 Å². The smallest absolute Gasteiger partial charge is 0.135 e. The molecular weight excluding hydrogens is 826 g/mol. The number of halogens is 1. The van der Waals surface area contributed by atoms with Crippen molar-refractivity contribution >= 4 is 93.1 Å². The highest BCUT2D eigenvalue weighted by Gasteiger charge is 2.16. The second-order valence-electron chi connectivity index (χ2n) is 13.6. The molecule has 2 nitrogen and oxygen atoms in total. The number of fused-ring (bicyclic) bond motifs is 6. The number of hydrogen-bond donors (Lipinski definition) is 0. The third-order valence-corrected chi connectivity index (χ3v) is 11.3. The molecule has 0 aliphatic carbocycles. The molecule has 0 saturated heterocycles. The van der Waals surface area contributed by atoms with Crippen LogP contribution in [0, 0.1) is 0 Å². The van der Waals surface area contributed by atoms with E-state index in [2.05, 4.69) is 203 Å². The van der Waals surface area contributed by atoms with Crippen LogP contribution in [-0.4, -0.2) is 4.93 Å². The van der Waals surface area contributed by atoms with Crippen molar-refractivity contribution in [1.29, 1.82) is 0 Å². The van der Waals surface area contributed by atoms with Gasteiger partial charge in [-0.25, -0.2) is 0 Å². The van der Waals surface area contributed by atoms with E-state index in [9.17, 15) is 0 Å². The van der Waals surface area contributed by atoms with E-state index in [1.165, 1.54) is 53.6 Å². The maximum Gasteiger partial charge on any atom is 0.135 e. The quantitative estimate of drug-likeness (QED) is 0.0940. The number of anilines is 3. The van der Waals surface area contributed by atoms with Crippen molar-refractivity contribution in [3.8, 4) is 33.4 Å². The zero-order valence-corrected chi connectivity index (χ0v) is 35.2. The molecule has 57 heavy (non-hydrogen) atoms. The molecule has 0 fully saturated rings. The van der Waals surface area contributed by atoms with Gasteiger partial charge in [0.1, 0.15) is 11.2 Å². The fraction of sp³-hybridized carbons (Fsp3) is 0.0566. The zero-order valence-electron chi connectivity index (χ0n) is 32.2. The third-order valence-electron chi connectivity index (χ3n) is 10.2. The molecule has 0 atom stereocenters. The minimum absolute atomic E-state index is 0.921. The predicted octanol–water partition coefficient (Wildman–Crippen LogP) is 17.1. The Morgan fingerprint density at radius 3 is 1.42 bits per heavy atom. The van der Waals surface area contributed by atoms with Crippen LogP contribution in [0.2, 0.25) is 0 Å². The Bertz CT molecular complexity index is 2840. The van der Waals surface area contributed by atoms with Crippen LogP contribution in [0.4, 0.5) is 17.1 Å². The summed E-state index contributed by atoms with van der Waals surface area (Å²) in [5.74, 6) is 0. The van der Waals surface area contributed by atoms with E-state index < -0.39 is 0 Å². The van der Waals surface area contributed by atoms with Gasteiger partial charge in [0.15, 0.2) is 0 Å². The molecule has 10 aromatic rings. The van der Waals surface area contributed by atoms with Crippen LogP contribution in [0.25, 0.3) is 75.5 Å². The van der Waals surface area contributed by atoms with Crippen molar-refractivity contribution < 1.29 is 4.42 Å². The molecule has 10 rings (SSSR count). The zero-order chi connectivity index (χ0) is 39.1. The number of rotatable bonds is 6. The SMILES string of the molecule is C/C=C\C.CI.c1ccc(-c2ccc(N(c3ccc(-c4ccccc4)cc3)c3ccc4c(c3)sc3cc(-c5ccc6oc7ccccc7c6c5)ccc34)cc2)cc1. The Balaban J connectivity index is 0.000000716. The van der Waals surface area contributed by atoms with E-state index in [-0.39, 0.29) is 0 Å². The summed E-state index contributed by atoms with van der Waals surface area (Å²) in [4.78, 5) is 4.33. The lowest BCUT2D eigenvalue weighted by Crippen LogP contribution is -2.09. The molecule has 8 aromatic carbocycles. The summed E-state index contributed by atoms with van der Waals surface area (Å²) >= 11 is 4.00. The summed E-state index contributed by atoms with van der Waals surface area (Å²) < 4.78 is 8.64. The van der Waals surface area contributed by atoms with Crippen LogP contribution in [0.5, 0.6) is 0 Å².